The highest BCUT2D eigenvalue weighted by Crippen LogP contribution is 2.62. The molecule has 0 amide bonds. The Morgan fingerprint density at radius 2 is 2.21 bits per heavy atom. The summed E-state index contributed by atoms with van der Waals surface area (Å²) in [5.74, 6) is 0.517. The first-order chi connectivity index (χ1) is 11.5. The molecule has 1 heterocycles. The van der Waals surface area contributed by atoms with E-state index in [0.717, 1.165) is 24.0 Å². The molecule has 3 aliphatic rings. The number of hydrogen-bond acceptors (Lipinski definition) is 5. The number of likely N-dealkylation sites (N-methyl/N-ethyl adjacent to an activating group) is 1. The van der Waals surface area contributed by atoms with Crippen LogP contribution < -0.4 is 10.1 Å². The molecular weight excluding hydrogens is 306 g/mol. The van der Waals surface area contributed by atoms with Gasteiger partial charge in [0.15, 0.2) is 23.4 Å². The summed E-state index contributed by atoms with van der Waals surface area (Å²) < 4.78 is 6.02. The van der Waals surface area contributed by atoms with Crippen molar-refractivity contribution in [3.63, 3.8) is 0 Å². The quantitative estimate of drug-likeness (QED) is 0.784. The number of nitrogens with one attached hydrogen (secondary N) is 1. The van der Waals surface area contributed by atoms with Crippen LogP contribution in [0.25, 0.3) is 0 Å². The van der Waals surface area contributed by atoms with Crippen LogP contribution in [0.2, 0.25) is 0 Å². The molecule has 5 heteroatoms. The minimum atomic E-state index is -1.04. The van der Waals surface area contributed by atoms with Gasteiger partial charge in [-0.25, -0.2) is 0 Å². The molecule has 0 saturated heterocycles. The van der Waals surface area contributed by atoms with Crippen molar-refractivity contribution in [1.82, 2.24) is 5.32 Å². The van der Waals surface area contributed by atoms with E-state index in [1.54, 1.807) is 6.07 Å². The maximum Gasteiger partial charge on any atom is 0.174 e. The number of unbranched alkanes of at least 4 members (excludes halogenated alkanes) is 1. The number of hydrogen-bond donors (Lipinski definition) is 3. The molecule has 1 aliphatic heterocycles. The fourth-order valence-electron chi connectivity index (χ4n) is 5.34. The molecule has 2 aliphatic carbocycles. The van der Waals surface area contributed by atoms with Crippen LogP contribution in [0.3, 0.4) is 0 Å². The Bertz CT molecular complexity index is 703. The fourth-order valence-corrected chi connectivity index (χ4v) is 5.34. The van der Waals surface area contributed by atoms with E-state index in [0.29, 0.717) is 31.4 Å². The maximum atomic E-state index is 12.7. The second-order valence-electron chi connectivity index (χ2n) is 7.46. The average molecular weight is 331 g/mol. The summed E-state index contributed by atoms with van der Waals surface area (Å²) in [6.45, 7) is 2.11. The van der Waals surface area contributed by atoms with Crippen LogP contribution in [-0.2, 0) is 16.6 Å². The second-order valence-corrected chi connectivity index (χ2v) is 7.46. The predicted octanol–water partition coefficient (Wildman–Crippen LogP) is 1.82. The lowest BCUT2D eigenvalue weighted by Gasteiger charge is -2.56. The van der Waals surface area contributed by atoms with E-state index < -0.39 is 17.1 Å². The number of rotatable bonds is 4. The van der Waals surface area contributed by atoms with Gasteiger partial charge in [0.25, 0.3) is 0 Å². The third kappa shape index (κ3) is 1.69. The van der Waals surface area contributed by atoms with E-state index in [2.05, 4.69) is 12.2 Å². The van der Waals surface area contributed by atoms with Gasteiger partial charge in [-0.3, -0.25) is 4.79 Å². The largest absolute Gasteiger partial charge is 0.504 e. The molecule has 5 nitrogen and oxygen atoms in total. The van der Waals surface area contributed by atoms with Crippen LogP contribution in [0.15, 0.2) is 12.1 Å². The number of ether oxygens (including phenoxy) is 1. The molecule has 3 unspecified atom stereocenters. The molecule has 3 N–H and O–H groups in total. The van der Waals surface area contributed by atoms with Gasteiger partial charge in [-0.15, -0.1) is 0 Å². The highest BCUT2D eigenvalue weighted by atomic mass is 16.5. The van der Waals surface area contributed by atoms with Crippen molar-refractivity contribution in [2.45, 2.75) is 68.6 Å². The highest BCUT2D eigenvalue weighted by Gasteiger charge is 2.70. The van der Waals surface area contributed by atoms with Crippen LogP contribution in [0.4, 0.5) is 0 Å². The van der Waals surface area contributed by atoms with Gasteiger partial charge in [0.05, 0.1) is 11.0 Å². The molecule has 130 valence electrons. The van der Waals surface area contributed by atoms with Gasteiger partial charge in [-0.1, -0.05) is 25.8 Å². The Morgan fingerprint density at radius 1 is 1.42 bits per heavy atom. The van der Waals surface area contributed by atoms with Gasteiger partial charge in [0.2, 0.25) is 0 Å². The van der Waals surface area contributed by atoms with Crippen molar-refractivity contribution in [2.75, 3.05) is 7.05 Å². The fraction of sp³-hybridized carbons (Fsp3) is 0.632. The standard InChI is InChI=1S/C19H25NO4/c1-3-4-8-18-15-11-5-6-12(21)16(15)24-17(18)13(22)7-9-19(18,23)14(10-11)20-2/h5-6,14,17,20-21,23H,3-4,7-10H2,1-2H3/t14?,17?,18-,19?/m0/s1. The number of carbonyl (C=O) groups is 1. The van der Waals surface area contributed by atoms with E-state index in [9.17, 15) is 15.0 Å². The topological polar surface area (TPSA) is 78.8 Å². The van der Waals surface area contributed by atoms with E-state index >= 15 is 0 Å². The molecule has 4 rings (SSSR count). The SMILES string of the molecule is CCCC[C@]12c3c4ccc(O)c3OC1C(=O)CCC2(O)C(NC)C4. The van der Waals surface area contributed by atoms with Crippen LogP contribution >= 0.6 is 0 Å². The molecule has 0 aromatic heterocycles. The predicted molar refractivity (Wildman–Crippen MR) is 89.5 cm³/mol. The summed E-state index contributed by atoms with van der Waals surface area (Å²) in [5, 5.41) is 25.4. The molecule has 0 bridgehead atoms. The maximum absolute atomic E-state index is 12.7. The normalized spacial score (nSPS) is 36.4. The molecule has 0 spiro atoms. The number of aromatic hydroxyl groups is 1. The number of aliphatic hydroxyl groups is 1. The van der Waals surface area contributed by atoms with E-state index in [1.165, 1.54) is 0 Å². The summed E-state index contributed by atoms with van der Waals surface area (Å²) in [4.78, 5) is 12.7. The highest BCUT2D eigenvalue weighted by molar-refractivity contribution is 5.89. The van der Waals surface area contributed by atoms with Crippen molar-refractivity contribution in [1.29, 1.82) is 0 Å². The Labute approximate surface area is 142 Å². The monoisotopic (exact) mass is 331 g/mol. The third-order valence-corrected chi connectivity index (χ3v) is 6.44. The molecule has 1 aromatic rings. The number of benzene rings is 1. The summed E-state index contributed by atoms with van der Waals surface area (Å²) in [6, 6.07) is 3.42. The number of ketones is 1. The first-order valence-corrected chi connectivity index (χ1v) is 8.94. The van der Waals surface area contributed by atoms with Crippen LogP contribution in [0.1, 0.15) is 50.2 Å². The zero-order valence-corrected chi connectivity index (χ0v) is 14.3. The smallest absolute Gasteiger partial charge is 0.174 e. The lowest BCUT2D eigenvalue weighted by molar-refractivity contribution is -0.159. The number of phenols is 1. The zero-order chi connectivity index (χ0) is 17.1. The molecule has 1 aromatic carbocycles. The third-order valence-electron chi connectivity index (χ3n) is 6.44. The van der Waals surface area contributed by atoms with Crippen molar-refractivity contribution in [2.24, 2.45) is 0 Å². The molecule has 1 fully saturated rings. The first kappa shape index (κ1) is 15.9. The van der Waals surface area contributed by atoms with Gasteiger partial charge in [0, 0.05) is 18.0 Å². The Morgan fingerprint density at radius 3 is 2.92 bits per heavy atom. The van der Waals surface area contributed by atoms with Crippen LogP contribution in [0.5, 0.6) is 11.5 Å². The number of phenolic OH excluding ortho intramolecular Hbond substituents is 1. The van der Waals surface area contributed by atoms with Gasteiger partial charge < -0.3 is 20.3 Å². The summed E-state index contributed by atoms with van der Waals surface area (Å²) in [5.41, 5.74) is 0.151. The minimum absolute atomic E-state index is 0.0362. The minimum Gasteiger partial charge on any atom is -0.504 e. The Hall–Kier alpha value is -1.59. The lowest BCUT2D eigenvalue weighted by Crippen LogP contribution is -2.72. The molecule has 0 radical (unpaired) electrons. The van der Waals surface area contributed by atoms with Crippen molar-refractivity contribution in [3.05, 3.63) is 23.3 Å². The second kappa shape index (κ2) is 5.20. The molecule has 24 heavy (non-hydrogen) atoms. The van der Waals surface area contributed by atoms with Crippen LogP contribution in [-0.4, -0.2) is 40.8 Å². The Kier molecular flexibility index (Phi) is 3.45. The first-order valence-electron chi connectivity index (χ1n) is 8.94. The Balaban J connectivity index is 2.02. The summed E-state index contributed by atoms with van der Waals surface area (Å²) in [7, 11) is 1.86. The number of carbonyl (C=O) groups excluding carboxylic acids is 1. The van der Waals surface area contributed by atoms with Gasteiger partial charge >= 0.3 is 0 Å². The molecule has 1 saturated carbocycles. The average Bonchev–Trinajstić information content (AvgIpc) is 2.95. The summed E-state index contributed by atoms with van der Waals surface area (Å²) in [6.07, 6.45) is 3.31. The number of Topliss-reactive ketones (excluding diaryl/α,β-unsaturated/α-hetero) is 1. The van der Waals surface area contributed by atoms with Crippen molar-refractivity contribution < 1.29 is 19.7 Å². The van der Waals surface area contributed by atoms with Gasteiger partial charge in [0.1, 0.15) is 0 Å². The van der Waals surface area contributed by atoms with Crippen LogP contribution in [0, 0.1) is 0 Å². The van der Waals surface area contributed by atoms with Gasteiger partial charge in [-0.2, -0.15) is 0 Å². The van der Waals surface area contributed by atoms with E-state index in [-0.39, 0.29) is 17.6 Å². The molecule has 4 atom stereocenters. The van der Waals surface area contributed by atoms with Crippen molar-refractivity contribution >= 4 is 5.78 Å². The lowest BCUT2D eigenvalue weighted by atomic mass is 9.50. The zero-order valence-electron chi connectivity index (χ0n) is 14.3. The van der Waals surface area contributed by atoms with E-state index in [4.69, 9.17) is 4.74 Å². The van der Waals surface area contributed by atoms with Crippen molar-refractivity contribution in [3.8, 4) is 11.5 Å². The van der Waals surface area contributed by atoms with Gasteiger partial charge in [-0.05, 0) is 37.9 Å². The molecular formula is C19H25NO4. The van der Waals surface area contributed by atoms with E-state index in [1.807, 2.05) is 13.1 Å². The summed E-state index contributed by atoms with van der Waals surface area (Å²) >= 11 is 0.